The lowest BCUT2D eigenvalue weighted by molar-refractivity contribution is 0.0173. The lowest BCUT2D eigenvalue weighted by atomic mass is 10.1. The van der Waals surface area contributed by atoms with E-state index < -0.39 is 10.0 Å². The molecule has 3 N–H and O–H groups in total. The van der Waals surface area contributed by atoms with Crippen LogP contribution in [0.25, 0.3) is 0 Å². The summed E-state index contributed by atoms with van der Waals surface area (Å²) in [6, 6.07) is 3.45. The van der Waals surface area contributed by atoms with Crippen LogP contribution >= 0.6 is 11.3 Å². The van der Waals surface area contributed by atoms with Crippen LogP contribution in [0.5, 0.6) is 0 Å². The summed E-state index contributed by atoms with van der Waals surface area (Å²) in [6.07, 6.45) is 2.27. The Morgan fingerprint density at radius 1 is 1.53 bits per heavy atom. The molecule has 2 unspecified atom stereocenters. The second-order valence-electron chi connectivity index (χ2n) is 4.78. The maximum atomic E-state index is 12.3. The molecular formula is C12H20N2O3S2. The lowest BCUT2D eigenvalue weighted by Gasteiger charge is -2.27. The van der Waals surface area contributed by atoms with Crippen LogP contribution in [0.2, 0.25) is 0 Å². The molecule has 1 aromatic rings. The van der Waals surface area contributed by atoms with Crippen molar-refractivity contribution in [1.82, 2.24) is 4.72 Å². The normalized spacial score (nSPS) is 24.5. The van der Waals surface area contributed by atoms with Crippen LogP contribution in [0, 0.1) is 0 Å². The van der Waals surface area contributed by atoms with Gasteiger partial charge in [-0.3, -0.25) is 0 Å². The summed E-state index contributed by atoms with van der Waals surface area (Å²) >= 11 is 1.29. The number of nitrogens with one attached hydrogen (secondary N) is 1. The predicted octanol–water partition coefficient (Wildman–Crippen LogP) is 1.10. The molecule has 1 saturated heterocycles. The molecule has 19 heavy (non-hydrogen) atoms. The first-order valence-electron chi connectivity index (χ1n) is 6.44. The first kappa shape index (κ1) is 14.9. The number of ether oxygens (including phenoxy) is 1. The Morgan fingerprint density at radius 3 is 3.00 bits per heavy atom. The Bertz CT molecular complexity index is 513. The zero-order valence-corrected chi connectivity index (χ0v) is 12.6. The van der Waals surface area contributed by atoms with Crippen molar-refractivity contribution in [3.05, 3.63) is 17.0 Å². The Labute approximate surface area is 118 Å². The lowest BCUT2D eigenvalue weighted by Crippen LogP contribution is -2.40. The average Bonchev–Trinajstić information content (AvgIpc) is 2.78. The molecular weight excluding hydrogens is 284 g/mol. The molecule has 2 heterocycles. The summed E-state index contributed by atoms with van der Waals surface area (Å²) < 4.78 is 33.1. The van der Waals surface area contributed by atoms with Crippen LogP contribution < -0.4 is 10.5 Å². The minimum absolute atomic E-state index is 0.0335. The quantitative estimate of drug-likeness (QED) is 0.853. The third kappa shape index (κ3) is 4.00. The van der Waals surface area contributed by atoms with Gasteiger partial charge in [0.05, 0.1) is 6.10 Å². The van der Waals surface area contributed by atoms with Gasteiger partial charge >= 0.3 is 0 Å². The van der Waals surface area contributed by atoms with Gasteiger partial charge in [-0.15, -0.1) is 11.3 Å². The molecule has 0 aromatic carbocycles. The molecule has 0 saturated carbocycles. The minimum Gasteiger partial charge on any atom is -0.378 e. The molecule has 2 atom stereocenters. The van der Waals surface area contributed by atoms with E-state index in [0.29, 0.717) is 23.8 Å². The number of rotatable bonds is 5. The molecule has 0 spiro atoms. The summed E-state index contributed by atoms with van der Waals surface area (Å²) in [5.74, 6) is 0. The van der Waals surface area contributed by atoms with Crippen molar-refractivity contribution in [1.29, 1.82) is 0 Å². The van der Waals surface area contributed by atoms with Gasteiger partial charge in [0.25, 0.3) is 0 Å². The molecule has 0 amide bonds. The Balaban J connectivity index is 2.04. The molecule has 0 aliphatic carbocycles. The van der Waals surface area contributed by atoms with Crippen molar-refractivity contribution in [2.24, 2.45) is 5.73 Å². The van der Waals surface area contributed by atoms with Crippen molar-refractivity contribution in [2.75, 3.05) is 13.2 Å². The van der Waals surface area contributed by atoms with Crippen LogP contribution in [-0.2, 0) is 21.2 Å². The third-order valence-electron chi connectivity index (χ3n) is 3.10. The first-order chi connectivity index (χ1) is 9.01. The van der Waals surface area contributed by atoms with Crippen molar-refractivity contribution >= 4 is 21.4 Å². The number of hydrogen-bond acceptors (Lipinski definition) is 5. The number of sulfonamides is 1. The van der Waals surface area contributed by atoms with Gasteiger partial charge in [-0.25, -0.2) is 13.1 Å². The molecule has 1 aromatic heterocycles. The summed E-state index contributed by atoms with van der Waals surface area (Å²) in [4.78, 5) is 1.00. The average molecular weight is 304 g/mol. The van der Waals surface area contributed by atoms with Gasteiger partial charge in [-0.1, -0.05) is 0 Å². The first-order valence-corrected chi connectivity index (χ1v) is 8.74. The fraction of sp³-hybridized carbons (Fsp3) is 0.667. The Hall–Kier alpha value is -0.470. The fourth-order valence-electron chi connectivity index (χ4n) is 2.16. The van der Waals surface area contributed by atoms with E-state index in [1.54, 1.807) is 6.07 Å². The molecule has 1 aliphatic rings. The summed E-state index contributed by atoms with van der Waals surface area (Å²) in [5.41, 5.74) is 5.47. The maximum Gasteiger partial charge on any atom is 0.250 e. The van der Waals surface area contributed by atoms with Crippen molar-refractivity contribution < 1.29 is 13.2 Å². The van der Waals surface area contributed by atoms with Crippen molar-refractivity contribution in [3.63, 3.8) is 0 Å². The molecule has 108 valence electrons. The van der Waals surface area contributed by atoms with Gasteiger partial charge in [0.2, 0.25) is 10.0 Å². The highest BCUT2D eigenvalue weighted by atomic mass is 32.2. The van der Waals surface area contributed by atoms with E-state index in [2.05, 4.69) is 4.72 Å². The summed E-state index contributed by atoms with van der Waals surface area (Å²) in [7, 11) is -3.41. The molecule has 2 rings (SSSR count). The van der Waals surface area contributed by atoms with Gasteiger partial charge in [0.15, 0.2) is 0 Å². The van der Waals surface area contributed by atoms with E-state index in [9.17, 15) is 8.42 Å². The Kier molecular flexibility index (Phi) is 4.97. The number of nitrogens with two attached hydrogens (primary N) is 1. The van der Waals surface area contributed by atoms with E-state index in [0.717, 1.165) is 17.7 Å². The molecule has 7 heteroatoms. The minimum atomic E-state index is -3.41. The number of thiophene rings is 1. The largest absolute Gasteiger partial charge is 0.378 e. The van der Waals surface area contributed by atoms with Crippen LogP contribution in [-0.4, -0.2) is 33.7 Å². The molecule has 1 aliphatic heterocycles. The van der Waals surface area contributed by atoms with Crippen molar-refractivity contribution in [2.45, 2.75) is 42.5 Å². The van der Waals surface area contributed by atoms with E-state index in [1.165, 1.54) is 11.3 Å². The van der Waals surface area contributed by atoms with E-state index in [-0.39, 0.29) is 12.1 Å². The molecule has 0 bridgehead atoms. The van der Waals surface area contributed by atoms with Crippen LogP contribution in [0.1, 0.15) is 24.6 Å². The van der Waals surface area contributed by atoms with Gasteiger partial charge in [0.1, 0.15) is 4.21 Å². The van der Waals surface area contributed by atoms with E-state index in [1.807, 2.05) is 13.0 Å². The van der Waals surface area contributed by atoms with Crippen LogP contribution in [0.3, 0.4) is 0 Å². The SMILES string of the molecule is CC1CC(NS(=O)(=O)c2ccc(CCN)s2)CCO1. The monoisotopic (exact) mass is 304 g/mol. The Morgan fingerprint density at radius 2 is 2.32 bits per heavy atom. The zero-order chi connectivity index (χ0) is 13.9. The van der Waals surface area contributed by atoms with E-state index >= 15 is 0 Å². The maximum absolute atomic E-state index is 12.3. The highest BCUT2D eigenvalue weighted by Crippen LogP contribution is 2.23. The topological polar surface area (TPSA) is 81.4 Å². The smallest absolute Gasteiger partial charge is 0.250 e. The molecule has 1 fully saturated rings. The zero-order valence-electron chi connectivity index (χ0n) is 11.0. The van der Waals surface area contributed by atoms with Gasteiger partial charge < -0.3 is 10.5 Å². The van der Waals surface area contributed by atoms with Gasteiger partial charge in [-0.2, -0.15) is 0 Å². The highest BCUT2D eigenvalue weighted by Gasteiger charge is 2.25. The number of hydrogen-bond donors (Lipinski definition) is 2. The van der Waals surface area contributed by atoms with Crippen molar-refractivity contribution in [3.8, 4) is 0 Å². The predicted molar refractivity (Wildman–Crippen MR) is 75.8 cm³/mol. The van der Waals surface area contributed by atoms with E-state index in [4.69, 9.17) is 10.5 Å². The fourth-order valence-corrected chi connectivity index (χ4v) is 4.83. The standard InChI is InChI=1S/C12H20N2O3S2/c1-9-8-10(5-7-17-9)14-19(15,16)12-3-2-11(18-12)4-6-13/h2-3,9-10,14H,4-8,13H2,1H3. The highest BCUT2D eigenvalue weighted by molar-refractivity contribution is 7.91. The molecule has 0 radical (unpaired) electrons. The van der Waals surface area contributed by atoms with Gasteiger partial charge in [0, 0.05) is 17.5 Å². The van der Waals surface area contributed by atoms with Crippen LogP contribution in [0.15, 0.2) is 16.3 Å². The summed E-state index contributed by atoms with van der Waals surface area (Å²) in [5, 5.41) is 0. The molecule has 5 nitrogen and oxygen atoms in total. The second-order valence-corrected chi connectivity index (χ2v) is 7.89. The summed E-state index contributed by atoms with van der Waals surface area (Å²) in [6.45, 7) is 3.10. The third-order valence-corrected chi connectivity index (χ3v) is 6.26. The van der Waals surface area contributed by atoms with Gasteiger partial charge in [-0.05, 0) is 44.9 Å². The second kappa shape index (κ2) is 6.32. The van der Waals surface area contributed by atoms with Crippen LogP contribution in [0.4, 0.5) is 0 Å².